The third-order valence-electron chi connectivity index (χ3n) is 3.97. The first-order chi connectivity index (χ1) is 12.9. The fourth-order valence-electron chi connectivity index (χ4n) is 2.85. The molecule has 0 fully saturated rings. The average Bonchev–Trinajstić information content (AvgIpc) is 2.96. The van der Waals surface area contributed by atoms with Gasteiger partial charge in [0, 0.05) is 28.5 Å². The Labute approximate surface area is 156 Å². The van der Waals surface area contributed by atoms with E-state index in [2.05, 4.69) is 15.6 Å². The molecule has 3 aromatic rings. The highest BCUT2D eigenvalue weighted by molar-refractivity contribution is 5.97. The topological polar surface area (TPSA) is 77.2 Å². The Balaban J connectivity index is 1.65. The van der Waals surface area contributed by atoms with E-state index in [1.54, 1.807) is 41.4 Å². The number of amides is 2. The van der Waals surface area contributed by atoms with Gasteiger partial charge in [-0.05, 0) is 56.1 Å². The largest absolute Gasteiger partial charge is 0.361 e. The summed E-state index contributed by atoms with van der Waals surface area (Å²) in [5, 5.41) is 6.43. The second-order valence-electron chi connectivity index (χ2n) is 6.60. The number of nitrogens with zero attached hydrogens (tertiary/aromatic N) is 1. The van der Waals surface area contributed by atoms with Gasteiger partial charge in [0.15, 0.2) is 0 Å². The first-order valence-electron chi connectivity index (χ1n) is 8.51. The molecule has 0 saturated carbocycles. The molecule has 6 nitrogen and oxygen atoms in total. The highest BCUT2D eigenvalue weighted by atomic mass is 19.1. The minimum atomic E-state index is -0.325. The van der Waals surface area contributed by atoms with Gasteiger partial charge in [-0.2, -0.15) is 0 Å². The number of carbonyl (C=O) groups excluding carboxylic acids is 2. The van der Waals surface area contributed by atoms with Gasteiger partial charge in [0.25, 0.3) is 0 Å². The van der Waals surface area contributed by atoms with Crippen LogP contribution in [0.2, 0.25) is 0 Å². The first kappa shape index (κ1) is 18.6. The zero-order chi connectivity index (χ0) is 19.4. The second kappa shape index (κ2) is 8.01. The zero-order valence-electron chi connectivity index (χ0n) is 15.2. The highest BCUT2D eigenvalue weighted by Crippen LogP contribution is 2.21. The molecule has 0 atom stereocenters. The van der Waals surface area contributed by atoms with E-state index in [9.17, 15) is 14.0 Å². The van der Waals surface area contributed by atoms with Crippen LogP contribution < -0.4 is 10.6 Å². The molecule has 0 aliphatic heterocycles. The van der Waals surface area contributed by atoms with E-state index in [0.717, 1.165) is 10.9 Å². The van der Waals surface area contributed by atoms with Crippen molar-refractivity contribution in [1.82, 2.24) is 9.88 Å². The van der Waals surface area contributed by atoms with Gasteiger partial charge in [0.2, 0.25) is 11.8 Å². The molecule has 3 rings (SSSR count). The van der Waals surface area contributed by atoms with E-state index in [-0.39, 0.29) is 30.6 Å². The van der Waals surface area contributed by atoms with E-state index < -0.39 is 0 Å². The average molecular weight is 368 g/mol. The molecule has 0 spiro atoms. The van der Waals surface area contributed by atoms with Crippen LogP contribution in [-0.2, 0) is 16.0 Å². The third kappa shape index (κ3) is 4.92. The summed E-state index contributed by atoms with van der Waals surface area (Å²) in [6.07, 6.45) is 1.87. The fraction of sp³-hybridized carbons (Fsp3) is 0.200. The molecule has 2 aromatic carbocycles. The Bertz CT molecular complexity index is 981. The summed E-state index contributed by atoms with van der Waals surface area (Å²) in [6, 6.07) is 11.4. The third-order valence-corrected chi connectivity index (χ3v) is 3.97. The summed E-state index contributed by atoms with van der Waals surface area (Å²) in [4.78, 5) is 29.0. The Morgan fingerprint density at radius 2 is 1.74 bits per heavy atom. The van der Waals surface area contributed by atoms with Gasteiger partial charge in [-0.15, -0.1) is 0 Å². The van der Waals surface area contributed by atoms with Gasteiger partial charge in [0.1, 0.15) is 5.82 Å². The molecule has 2 amide bonds. The first-order valence-corrected chi connectivity index (χ1v) is 8.51. The Morgan fingerprint density at radius 3 is 2.44 bits per heavy atom. The molecule has 1 heterocycles. The Kier molecular flexibility index (Phi) is 5.52. The van der Waals surface area contributed by atoms with E-state index in [1.165, 1.54) is 12.1 Å². The van der Waals surface area contributed by atoms with E-state index in [1.807, 2.05) is 14.1 Å². The van der Waals surface area contributed by atoms with Crippen LogP contribution in [0.3, 0.4) is 0 Å². The molecule has 0 aliphatic rings. The highest BCUT2D eigenvalue weighted by Gasteiger charge is 2.10. The molecule has 1 aromatic heterocycles. The number of aromatic amines is 1. The van der Waals surface area contributed by atoms with Crippen molar-refractivity contribution in [3.63, 3.8) is 0 Å². The normalized spacial score (nSPS) is 11.0. The van der Waals surface area contributed by atoms with Gasteiger partial charge in [-0.3, -0.25) is 9.59 Å². The summed E-state index contributed by atoms with van der Waals surface area (Å²) in [6.45, 7) is 0.276. The van der Waals surface area contributed by atoms with Crippen molar-refractivity contribution < 1.29 is 14.0 Å². The van der Waals surface area contributed by atoms with Crippen molar-refractivity contribution in [2.75, 3.05) is 31.3 Å². The smallest absolute Gasteiger partial charge is 0.238 e. The van der Waals surface area contributed by atoms with Crippen LogP contribution in [0, 0.1) is 5.82 Å². The number of likely N-dealkylation sites (N-methyl/N-ethyl adjacent to an activating group) is 1. The summed E-state index contributed by atoms with van der Waals surface area (Å²) in [7, 11) is 3.63. The molecule has 27 heavy (non-hydrogen) atoms. The van der Waals surface area contributed by atoms with Gasteiger partial charge in [-0.25, -0.2) is 4.39 Å². The fourth-order valence-corrected chi connectivity index (χ4v) is 2.85. The molecule has 0 saturated heterocycles. The number of rotatable bonds is 6. The van der Waals surface area contributed by atoms with Crippen molar-refractivity contribution >= 4 is 34.1 Å². The van der Waals surface area contributed by atoms with E-state index in [4.69, 9.17) is 0 Å². The van der Waals surface area contributed by atoms with Crippen LogP contribution in [0.1, 0.15) is 5.56 Å². The number of nitrogens with one attached hydrogen (secondary N) is 3. The van der Waals surface area contributed by atoms with Crippen LogP contribution in [0.25, 0.3) is 10.9 Å². The van der Waals surface area contributed by atoms with Crippen molar-refractivity contribution in [2.24, 2.45) is 0 Å². The summed E-state index contributed by atoms with van der Waals surface area (Å²) in [5.41, 5.74) is 2.65. The van der Waals surface area contributed by atoms with Crippen LogP contribution in [0.4, 0.5) is 15.8 Å². The summed E-state index contributed by atoms with van der Waals surface area (Å²) >= 11 is 0. The molecule has 0 aliphatic carbocycles. The lowest BCUT2D eigenvalue weighted by Gasteiger charge is -2.11. The van der Waals surface area contributed by atoms with Crippen LogP contribution in [0.15, 0.2) is 48.7 Å². The zero-order valence-corrected chi connectivity index (χ0v) is 15.2. The van der Waals surface area contributed by atoms with E-state index >= 15 is 0 Å². The number of H-pyrrole nitrogens is 1. The Hall–Kier alpha value is -3.19. The molecular formula is C20H21FN4O2. The SMILES string of the molecule is CN(C)CC(=O)Nc1cccc(NC(=O)Cc2c[nH]c3cc(F)ccc23)c1. The molecular weight excluding hydrogens is 347 g/mol. The van der Waals surface area contributed by atoms with Gasteiger partial charge in [-0.1, -0.05) is 6.07 Å². The number of fused-ring (bicyclic) bond motifs is 1. The van der Waals surface area contributed by atoms with Gasteiger partial charge >= 0.3 is 0 Å². The number of hydrogen-bond acceptors (Lipinski definition) is 3. The summed E-state index contributed by atoms with van der Waals surface area (Å²) < 4.78 is 13.3. The lowest BCUT2D eigenvalue weighted by Crippen LogP contribution is -2.27. The predicted molar refractivity (Wildman–Crippen MR) is 104 cm³/mol. The van der Waals surface area contributed by atoms with Crippen molar-refractivity contribution in [1.29, 1.82) is 0 Å². The molecule has 0 unspecified atom stereocenters. The number of benzene rings is 2. The van der Waals surface area contributed by atoms with Crippen LogP contribution >= 0.6 is 0 Å². The molecule has 7 heteroatoms. The molecule has 0 radical (unpaired) electrons. The lowest BCUT2D eigenvalue weighted by molar-refractivity contribution is -0.117. The van der Waals surface area contributed by atoms with Crippen LogP contribution in [0.5, 0.6) is 0 Å². The number of anilines is 2. The van der Waals surface area contributed by atoms with Crippen molar-refractivity contribution in [2.45, 2.75) is 6.42 Å². The standard InChI is InChI=1S/C20H21FN4O2/c1-25(2)12-20(27)24-16-5-3-4-15(10-16)23-19(26)8-13-11-22-18-9-14(21)6-7-17(13)18/h3-7,9-11,22H,8,12H2,1-2H3,(H,23,26)(H,24,27). The van der Waals surface area contributed by atoms with Crippen molar-refractivity contribution in [3.8, 4) is 0 Å². The molecule has 0 bridgehead atoms. The van der Waals surface area contributed by atoms with Crippen LogP contribution in [-0.4, -0.2) is 42.3 Å². The number of aromatic nitrogens is 1. The minimum absolute atomic E-state index is 0.130. The maximum atomic E-state index is 13.3. The van der Waals surface area contributed by atoms with Gasteiger partial charge < -0.3 is 20.5 Å². The van der Waals surface area contributed by atoms with E-state index in [0.29, 0.717) is 16.9 Å². The summed E-state index contributed by atoms with van der Waals surface area (Å²) in [5.74, 6) is -0.653. The Morgan fingerprint density at radius 1 is 1.04 bits per heavy atom. The van der Waals surface area contributed by atoms with Gasteiger partial charge in [0.05, 0.1) is 13.0 Å². The predicted octanol–water partition coefficient (Wildman–Crippen LogP) is 2.99. The number of halogens is 1. The lowest BCUT2D eigenvalue weighted by atomic mass is 10.1. The second-order valence-corrected chi connectivity index (χ2v) is 6.60. The monoisotopic (exact) mass is 368 g/mol. The maximum Gasteiger partial charge on any atom is 0.238 e. The maximum absolute atomic E-state index is 13.3. The van der Waals surface area contributed by atoms with Crippen molar-refractivity contribution in [3.05, 3.63) is 60.0 Å². The molecule has 3 N–H and O–H groups in total. The quantitative estimate of drug-likeness (QED) is 0.626. The molecule has 140 valence electrons. The number of carbonyl (C=O) groups is 2. The minimum Gasteiger partial charge on any atom is -0.361 e. The number of hydrogen-bond donors (Lipinski definition) is 3.